The van der Waals surface area contributed by atoms with E-state index in [-0.39, 0.29) is 17.9 Å². The molecule has 0 saturated heterocycles. The highest BCUT2D eigenvalue weighted by Crippen LogP contribution is 2.27. The molecule has 0 atom stereocenters. The second-order valence-electron chi connectivity index (χ2n) is 5.64. The highest BCUT2D eigenvalue weighted by Gasteiger charge is 2.19. The molecule has 1 N–H and O–H groups in total. The third-order valence-corrected chi connectivity index (χ3v) is 4.61. The van der Waals surface area contributed by atoms with Crippen molar-refractivity contribution in [3.05, 3.63) is 63.1 Å². The number of nitro groups is 1. The molecular formula is C18H17N3O6S. The molecule has 0 aliphatic rings. The summed E-state index contributed by atoms with van der Waals surface area (Å²) in [4.78, 5) is 23.9. The second-order valence-corrected chi connectivity index (χ2v) is 6.59. The van der Waals surface area contributed by atoms with Gasteiger partial charge in [0.05, 0.1) is 22.0 Å². The lowest BCUT2D eigenvalue weighted by Gasteiger charge is -2.08. The van der Waals surface area contributed by atoms with Gasteiger partial charge in [0.2, 0.25) is 0 Å². The van der Waals surface area contributed by atoms with E-state index in [1.165, 1.54) is 36.6 Å². The minimum Gasteiger partial charge on any atom is -0.455 e. The smallest absolute Gasteiger partial charge is 0.338 e. The van der Waals surface area contributed by atoms with E-state index in [1.807, 2.05) is 17.5 Å². The first-order chi connectivity index (χ1) is 13.6. The highest BCUT2D eigenvalue weighted by atomic mass is 32.1. The minimum absolute atomic E-state index is 0.0750. The summed E-state index contributed by atoms with van der Waals surface area (Å²) in [5.74, 6) is -0.101. The van der Waals surface area contributed by atoms with Gasteiger partial charge in [-0.1, -0.05) is 11.2 Å². The van der Waals surface area contributed by atoms with Crippen LogP contribution < -0.4 is 5.32 Å². The Morgan fingerprint density at radius 1 is 1.36 bits per heavy atom. The van der Waals surface area contributed by atoms with Crippen molar-refractivity contribution >= 4 is 28.7 Å². The van der Waals surface area contributed by atoms with Gasteiger partial charge in [0.25, 0.3) is 5.69 Å². The third-order valence-electron chi connectivity index (χ3n) is 3.73. The summed E-state index contributed by atoms with van der Waals surface area (Å²) in [6.45, 7) is 0.696. The predicted molar refractivity (Wildman–Crippen MR) is 102 cm³/mol. The maximum Gasteiger partial charge on any atom is 0.338 e. The fourth-order valence-electron chi connectivity index (χ4n) is 2.38. The molecule has 146 valence electrons. The number of thiophene rings is 1. The molecule has 0 fully saturated rings. The van der Waals surface area contributed by atoms with Crippen LogP contribution >= 0.6 is 11.3 Å². The van der Waals surface area contributed by atoms with Crippen LogP contribution in [0.5, 0.6) is 0 Å². The summed E-state index contributed by atoms with van der Waals surface area (Å²) in [5, 5.41) is 20.0. The standard InChI is InChI=1S/C18H17N3O6S/c1-25-7-6-19-14-5-4-12(9-15(14)21(23)24)18(22)26-11-13-10-16(27-20-13)17-3-2-8-28-17/h2-5,8-10,19H,6-7,11H2,1H3. The largest absolute Gasteiger partial charge is 0.455 e. The first-order valence-electron chi connectivity index (χ1n) is 8.26. The first kappa shape index (κ1) is 19.5. The molecule has 2 heterocycles. The van der Waals surface area contributed by atoms with Crippen molar-refractivity contribution in [3.8, 4) is 10.6 Å². The number of aromatic nitrogens is 1. The van der Waals surface area contributed by atoms with E-state index in [1.54, 1.807) is 6.07 Å². The number of hydrogen-bond acceptors (Lipinski definition) is 9. The lowest BCUT2D eigenvalue weighted by molar-refractivity contribution is -0.384. The van der Waals surface area contributed by atoms with Gasteiger partial charge in [0.1, 0.15) is 18.0 Å². The van der Waals surface area contributed by atoms with E-state index in [9.17, 15) is 14.9 Å². The molecule has 3 rings (SSSR count). The molecule has 0 aliphatic heterocycles. The number of hydrogen-bond donors (Lipinski definition) is 1. The lowest BCUT2D eigenvalue weighted by atomic mass is 10.1. The fourth-order valence-corrected chi connectivity index (χ4v) is 3.06. The van der Waals surface area contributed by atoms with Crippen molar-refractivity contribution in [3.63, 3.8) is 0 Å². The molecule has 1 aromatic carbocycles. The molecule has 0 aliphatic carbocycles. The van der Waals surface area contributed by atoms with E-state index < -0.39 is 10.9 Å². The quantitative estimate of drug-likeness (QED) is 0.249. The number of benzene rings is 1. The van der Waals surface area contributed by atoms with Crippen LogP contribution in [0.4, 0.5) is 11.4 Å². The van der Waals surface area contributed by atoms with Crippen LogP contribution in [0, 0.1) is 10.1 Å². The zero-order valence-electron chi connectivity index (χ0n) is 14.9. The Bertz CT molecular complexity index is 954. The van der Waals surface area contributed by atoms with Gasteiger partial charge in [-0.25, -0.2) is 4.79 Å². The van der Waals surface area contributed by atoms with Crippen molar-refractivity contribution < 1.29 is 23.7 Å². The summed E-state index contributed by atoms with van der Waals surface area (Å²) in [6, 6.07) is 9.58. The number of esters is 1. The summed E-state index contributed by atoms with van der Waals surface area (Å²) >= 11 is 1.50. The molecule has 28 heavy (non-hydrogen) atoms. The van der Waals surface area contributed by atoms with Gasteiger partial charge < -0.3 is 19.3 Å². The SMILES string of the molecule is COCCNc1ccc(C(=O)OCc2cc(-c3cccs3)on2)cc1[N+](=O)[O-]. The molecular weight excluding hydrogens is 386 g/mol. The molecule has 9 nitrogen and oxygen atoms in total. The summed E-state index contributed by atoms with van der Waals surface area (Å²) < 4.78 is 15.3. The van der Waals surface area contributed by atoms with Crippen LogP contribution in [0.1, 0.15) is 16.1 Å². The van der Waals surface area contributed by atoms with Crippen molar-refractivity contribution in [2.75, 3.05) is 25.6 Å². The number of methoxy groups -OCH3 is 1. The van der Waals surface area contributed by atoms with Crippen molar-refractivity contribution in [2.24, 2.45) is 0 Å². The minimum atomic E-state index is -0.688. The fraction of sp³-hybridized carbons (Fsp3) is 0.222. The molecule has 0 spiro atoms. The van der Waals surface area contributed by atoms with E-state index in [0.717, 1.165) is 4.88 Å². The number of carbonyl (C=O) groups is 1. The van der Waals surface area contributed by atoms with Crippen LogP contribution in [-0.2, 0) is 16.1 Å². The number of nitrogens with one attached hydrogen (secondary N) is 1. The Labute approximate surface area is 164 Å². The second kappa shape index (κ2) is 9.11. The molecule has 3 aromatic rings. The van der Waals surface area contributed by atoms with Crippen LogP contribution in [0.2, 0.25) is 0 Å². The van der Waals surface area contributed by atoms with Gasteiger partial charge in [-0.15, -0.1) is 11.3 Å². The number of anilines is 1. The van der Waals surface area contributed by atoms with Crippen LogP contribution in [0.3, 0.4) is 0 Å². The molecule has 0 saturated carbocycles. The molecule has 0 radical (unpaired) electrons. The van der Waals surface area contributed by atoms with Gasteiger partial charge in [-0.2, -0.15) is 0 Å². The summed E-state index contributed by atoms with van der Waals surface area (Å²) in [6.07, 6.45) is 0. The first-order valence-corrected chi connectivity index (χ1v) is 9.14. The topological polar surface area (TPSA) is 117 Å². The zero-order valence-corrected chi connectivity index (χ0v) is 15.7. The number of nitro benzene ring substituents is 1. The maximum absolute atomic E-state index is 12.3. The van der Waals surface area contributed by atoms with E-state index in [0.29, 0.717) is 30.3 Å². The monoisotopic (exact) mass is 403 g/mol. The van der Waals surface area contributed by atoms with E-state index in [4.69, 9.17) is 14.0 Å². The molecule has 0 unspecified atom stereocenters. The zero-order chi connectivity index (χ0) is 19.9. The van der Waals surface area contributed by atoms with Gasteiger partial charge in [-0.05, 0) is 23.6 Å². The van der Waals surface area contributed by atoms with Gasteiger partial charge >= 0.3 is 5.97 Å². The predicted octanol–water partition coefficient (Wildman–Crippen LogP) is 3.73. The van der Waals surface area contributed by atoms with Gasteiger partial charge in [-0.3, -0.25) is 10.1 Å². The highest BCUT2D eigenvalue weighted by molar-refractivity contribution is 7.13. The Hall–Kier alpha value is -3.24. The Morgan fingerprint density at radius 3 is 2.93 bits per heavy atom. The number of nitrogens with zero attached hydrogens (tertiary/aromatic N) is 2. The lowest BCUT2D eigenvalue weighted by Crippen LogP contribution is -2.11. The Morgan fingerprint density at radius 2 is 2.21 bits per heavy atom. The Balaban J connectivity index is 1.65. The third kappa shape index (κ3) is 4.72. The molecule has 0 bridgehead atoms. The van der Waals surface area contributed by atoms with Crippen LogP contribution in [0.15, 0.2) is 46.3 Å². The molecule has 2 aromatic heterocycles. The number of ether oxygens (including phenoxy) is 2. The van der Waals surface area contributed by atoms with Crippen molar-refractivity contribution in [1.82, 2.24) is 5.16 Å². The summed E-state index contributed by atoms with van der Waals surface area (Å²) in [7, 11) is 1.54. The number of carbonyl (C=O) groups excluding carboxylic acids is 1. The normalized spacial score (nSPS) is 10.6. The number of rotatable bonds is 9. The molecule has 0 amide bonds. The average molecular weight is 403 g/mol. The van der Waals surface area contributed by atoms with Crippen LogP contribution in [0.25, 0.3) is 10.6 Å². The van der Waals surface area contributed by atoms with Gasteiger partial charge in [0.15, 0.2) is 5.76 Å². The Kier molecular flexibility index (Phi) is 6.35. The van der Waals surface area contributed by atoms with E-state index in [2.05, 4.69) is 10.5 Å². The van der Waals surface area contributed by atoms with Gasteiger partial charge in [0, 0.05) is 25.8 Å². The average Bonchev–Trinajstić information content (AvgIpc) is 3.38. The van der Waals surface area contributed by atoms with Crippen molar-refractivity contribution in [1.29, 1.82) is 0 Å². The summed E-state index contributed by atoms with van der Waals surface area (Å²) in [5.41, 5.74) is 0.609. The maximum atomic E-state index is 12.3. The van der Waals surface area contributed by atoms with E-state index >= 15 is 0 Å². The molecule has 10 heteroatoms. The van der Waals surface area contributed by atoms with Crippen LogP contribution in [-0.4, -0.2) is 36.3 Å². The van der Waals surface area contributed by atoms with Crippen molar-refractivity contribution in [2.45, 2.75) is 6.61 Å².